The number of rotatable bonds is 3. The maximum atomic E-state index is 12.3. The molecule has 4 heteroatoms. The van der Waals surface area contributed by atoms with Crippen molar-refractivity contribution in [3.05, 3.63) is 29.8 Å². The molecule has 1 aromatic carbocycles. The number of ether oxygens (including phenoxy) is 1. The van der Waals surface area contributed by atoms with Crippen LogP contribution in [0.5, 0.6) is 5.75 Å². The normalized spacial score (nSPS) is 24.2. The average Bonchev–Trinajstić information content (AvgIpc) is 2.59. The topological polar surface area (TPSA) is 53.3 Å². The fourth-order valence-electron chi connectivity index (χ4n) is 3.72. The van der Waals surface area contributed by atoms with E-state index in [0.29, 0.717) is 17.2 Å². The Morgan fingerprint density at radius 2 is 2.09 bits per heavy atom. The van der Waals surface area contributed by atoms with Gasteiger partial charge in [0.15, 0.2) is 6.61 Å². The zero-order valence-electron chi connectivity index (χ0n) is 12.8. The second kappa shape index (κ2) is 6.83. The molecule has 0 aromatic heterocycles. The summed E-state index contributed by atoms with van der Waals surface area (Å²) in [6, 6.07) is 9.02. The lowest BCUT2D eigenvalue weighted by atomic mass is 9.75. The molecule has 1 amide bonds. The number of carbonyl (C=O) groups is 1. The number of amides is 1. The first kappa shape index (κ1) is 14.9. The van der Waals surface area contributed by atoms with Crippen LogP contribution in [0.4, 0.5) is 0 Å². The van der Waals surface area contributed by atoms with E-state index in [1.807, 2.05) is 4.90 Å². The van der Waals surface area contributed by atoms with Crippen molar-refractivity contribution < 1.29 is 9.53 Å². The quantitative estimate of drug-likeness (QED) is 0.862. The number of piperidine rings is 1. The Bertz CT molecular complexity index is 579. The lowest BCUT2D eigenvalue weighted by Crippen LogP contribution is -2.46. The second-order valence-electron chi connectivity index (χ2n) is 6.36. The number of carbonyl (C=O) groups excluding carboxylic acids is 1. The zero-order valence-corrected chi connectivity index (χ0v) is 12.8. The molecule has 0 radical (unpaired) electrons. The van der Waals surface area contributed by atoms with Crippen LogP contribution in [0.1, 0.15) is 37.7 Å². The summed E-state index contributed by atoms with van der Waals surface area (Å²) in [4.78, 5) is 14.3. The van der Waals surface area contributed by atoms with E-state index in [0.717, 1.165) is 25.4 Å². The number of benzene rings is 1. The maximum absolute atomic E-state index is 12.3. The summed E-state index contributed by atoms with van der Waals surface area (Å²) in [5.74, 6) is 2.16. The fraction of sp³-hybridized carbons (Fsp3) is 0.556. The van der Waals surface area contributed by atoms with E-state index >= 15 is 0 Å². The number of hydrogen-bond acceptors (Lipinski definition) is 3. The molecule has 2 atom stereocenters. The van der Waals surface area contributed by atoms with Crippen molar-refractivity contribution >= 4 is 5.91 Å². The van der Waals surface area contributed by atoms with Gasteiger partial charge in [-0.25, -0.2) is 0 Å². The van der Waals surface area contributed by atoms with E-state index in [2.05, 4.69) is 6.07 Å². The number of hydrogen-bond donors (Lipinski definition) is 0. The number of fused-ring (bicyclic) bond motifs is 1. The minimum absolute atomic E-state index is 0.0615. The number of likely N-dealkylation sites (tertiary alicyclic amines) is 1. The first-order valence-electron chi connectivity index (χ1n) is 8.17. The van der Waals surface area contributed by atoms with Gasteiger partial charge in [-0.15, -0.1) is 0 Å². The van der Waals surface area contributed by atoms with Crippen molar-refractivity contribution in [3.63, 3.8) is 0 Å². The van der Waals surface area contributed by atoms with Crippen LogP contribution in [0.15, 0.2) is 24.3 Å². The minimum Gasteiger partial charge on any atom is -0.484 e. The van der Waals surface area contributed by atoms with Crippen LogP contribution in [0.25, 0.3) is 0 Å². The van der Waals surface area contributed by atoms with Crippen LogP contribution < -0.4 is 4.74 Å². The Morgan fingerprint density at radius 3 is 2.91 bits per heavy atom. The molecule has 2 fully saturated rings. The minimum atomic E-state index is 0.0615. The molecule has 1 aliphatic carbocycles. The molecule has 1 saturated carbocycles. The van der Waals surface area contributed by atoms with E-state index in [-0.39, 0.29) is 12.5 Å². The molecular formula is C18H22N2O2. The molecule has 1 saturated heterocycles. The summed E-state index contributed by atoms with van der Waals surface area (Å²) in [6.07, 6.45) is 6.40. The van der Waals surface area contributed by atoms with Crippen LogP contribution in [0, 0.1) is 23.2 Å². The fourth-order valence-corrected chi connectivity index (χ4v) is 3.72. The van der Waals surface area contributed by atoms with Gasteiger partial charge in [0, 0.05) is 13.1 Å². The van der Waals surface area contributed by atoms with Gasteiger partial charge in [-0.1, -0.05) is 25.3 Å². The predicted octanol–water partition coefficient (Wildman–Crippen LogP) is 2.98. The molecule has 2 aliphatic rings. The van der Waals surface area contributed by atoms with Crippen LogP contribution in [0.3, 0.4) is 0 Å². The molecule has 3 rings (SSSR count). The molecule has 4 nitrogen and oxygen atoms in total. The Morgan fingerprint density at radius 1 is 1.27 bits per heavy atom. The van der Waals surface area contributed by atoms with Crippen molar-refractivity contribution in [1.29, 1.82) is 5.26 Å². The van der Waals surface area contributed by atoms with E-state index < -0.39 is 0 Å². The van der Waals surface area contributed by atoms with Crippen molar-refractivity contribution in [3.8, 4) is 11.8 Å². The maximum Gasteiger partial charge on any atom is 0.260 e. The van der Waals surface area contributed by atoms with Gasteiger partial charge in [-0.05, 0) is 42.9 Å². The Balaban J connectivity index is 1.52. The molecular weight excluding hydrogens is 276 g/mol. The predicted molar refractivity (Wildman–Crippen MR) is 83.3 cm³/mol. The third kappa shape index (κ3) is 3.41. The molecule has 1 aliphatic heterocycles. The van der Waals surface area contributed by atoms with Crippen molar-refractivity contribution in [2.75, 3.05) is 19.7 Å². The highest BCUT2D eigenvalue weighted by atomic mass is 16.5. The lowest BCUT2D eigenvalue weighted by Gasteiger charge is -2.41. The Hall–Kier alpha value is -2.02. The summed E-state index contributed by atoms with van der Waals surface area (Å²) in [7, 11) is 0. The van der Waals surface area contributed by atoms with Gasteiger partial charge in [0.05, 0.1) is 11.6 Å². The molecule has 0 bridgehead atoms. The standard InChI is InChI=1S/C18H22N2O2/c19-11-14-4-3-7-17(10-14)22-13-18(21)20-9-8-15-5-1-2-6-16(15)12-20/h3-4,7,10,15-16H,1-2,5-6,8-9,12-13H2/t15-,16+/m0/s1. The molecule has 116 valence electrons. The molecule has 0 spiro atoms. The van der Waals surface area contributed by atoms with Crippen LogP contribution >= 0.6 is 0 Å². The van der Waals surface area contributed by atoms with Gasteiger partial charge in [-0.2, -0.15) is 5.26 Å². The van der Waals surface area contributed by atoms with Gasteiger partial charge < -0.3 is 9.64 Å². The van der Waals surface area contributed by atoms with Crippen LogP contribution in [0.2, 0.25) is 0 Å². The van der Waals surface area contributed by atoms with Gasteiger partial charge >= 0.3 is 0 Å². The smallest absolute Gasteiger partial charge is 0.260 e. The summed E-state index contributed by atoms with van der Waals surface area (Å²) in [6.45, 7) is 1.82. The third-order valence-corrected chi connectivity index (χ3v) is 4.97. The highest BCUT2D eigenvalue weighted by Crippen LogP contribution is 2.36. The van der Waals surface area contributed by atoms with Crippen LogP contribution in [-0.2, 0) is 4.79 Å². The van der Waals surface area contributed by atoms with Crippen molar-refractivity contribution in [2.24, 2.45) is 11.8 Å². The van der Waals surface area contributed by atoms with E-state index in [1.165, 1.54) is 25.7 Å². The second-order valence-corrected chi connectivity index (χ2v) is 6.36. The number of nitriles is 1. The average molecular weight is 298 g/mol. The van der Waals surface area contributed by atoms with Crippen molar-refractivity contribution in [2.45, 2.75) is 32.1 Å². The van der Waals surface area contributed by atoms with E-state index in [9.17, 15) is 4.79 Å². The van der Waals surface area contributed by atoms with Gasteiger partial charge in [0.2, 0.25) is 0 Å². The third-order valence-electron chi connectivity index (χ3n) is 4.97. The molecule has 22 heavy (non-hydrogen) atoms. The van der Waals surface area contributed by atoms with Gasteiger partial charge in [0.1, 0.15) is 5.75 Å². The van der Waals surface area contributed by atoms with Crippen LogP contribution in [-0.4, -0.2) is 30.5 Å². The monoisotopic (exact) mass is 298 g/mol. The van der Waals surface area contributed by atoms with E-state index in [1.54, 1.807) is 24.3 Å². The lowest BCUT2D eigenvalue weighted by molar-refractivity contribution is -0.136. The summed E-state index contributed by atoms with van der Waals surface area (Å²) >= 11 is 0. The molecule has 0 N–H and O–H groups in total. The highest BCUT2D eigenvalue weighted by molar-refractivity contribution is 5.77. The summed E-state index contributed by atoms with van der Waals surface area (Å²) < 4.78 is 5.56. The zero-order chi connectivity index (χ0) is 15.4. The first-order chi connectivity index (χ1) is 10.8. The number of nitrogens with zero attached hydrogens (tertiary/aromatic N) is 2. The highest BCUT2D eigenvalue weighted by Gasteiger charge is 2.32. The Labute approximate surface area is 131 Å². The largest absolute Gasteiger partial charge is 0.484 e. The van der Waals surface area contributed by atoms with Gasteiger partial charge in [-0.3, -0.25) is 4.79 Å². The Kier molecular flexibility index (Phi) is 4.62. The molecule has 0 unspecified atom stereocenters. The van der Waals surface area contributed by atoms with E-state index in [4.69, 9.17) is 10.00 Å². The first-order valence-corrected chi connectivity index (χ1v) is 8.17. The SMILES string of the molecule is N#Cc1cccc(OCC(=O)N2CC[C@@H]3CCCC[C@@H]3C2)c1. The summed E-state index contributed by atoms with van der Waals surface area (Å²) in [5.41, 5.74) is 0.549. The van der Waals surface area contributed by atoms with Crippen molar-refractivity contribution in [1.82, 2.24) is 4.90 Å². The molecule has 1 aromatic rings. The summed E-state index contributed by atoms with van der Waals surface area (Å²) in [5, 5.41) is 8.87. The van der Waals surface area contributed by atoms with Gasteiger partial charge in [0.25, 0.3) is 5.91 Å². The molecule has 1 heterocycles.